The summed E-state index contributed by atoms with van der Waals surface area (Å²) in [7, 11) is 0. The smallest absolute Gasteiger partial charge is 0.191 e. The molecule has 6 aliphatic rings. The molecule has 30 nitrogen and oxygen atoms in total. The Morgan fingerprint density at radius 3 is 1.32 bits per heavy atom. The van der Waals surface area contributed by atoms with Gasteiger partial charge in [-0.2, -0.15) is 0 Å². The first-order valence-corrected chi connectivity index (χ1v) is 36.1. The number of nitrogens with zero attached hydrogens (tertiary/aromatic N) is 15. The number of ether oxygens (including phenoxy) is 3. The third-order valence-electron chi connectivity index (χ3n) is 17.8. The molecule has 0 amide bonds. The molecule has 0 unspecified atom stereocenters. The Morgan fingerprint density at radius 1 is 0.519 bits per heavy atom. The molecule has 6 aromatic heterocycles. The maximum atomic E-state index is 14.8. The summed E-state index contributed by atoms with van der Waals surface area (Å²) < 4.78 is 308. The van der Waals surface area contributed by atoms with E-state index in [-0.39, 0.29) is 124 Å². The summed E-state index contributed by atoms with van der Waals surface area (Å²) in [5.41, 5.74) is -7.96. The molecule has 12 N–H and O–H groups in total. The summed E-state index contributed by atoms with van der Waals surface area (Å²) in [5.74, 6) is -8.08. The van der Waals surface area contributed by atoms with E-state index in [0.717, 1.165) is 35.4 Å². The molecule has 0 saturated heterocycles. The normalized spacial score (nSPS) is 35.6. The summed E-state index contributed by atoms with van der Waals surface area (Å²) in [5, 5.41) is 124. The van der Waals surface area contributed by atoms with Gasteiger partial charge in [-0.25, -0.2) is 57.1 Å². The van der Waals surface area contributed by atoms with Crippen molar-refractivity contribution in [3.05, 3.63) is 105 Å². The number of anilines is 3. The summed E-state index contributed by atoms with van der Waals surface area (Å²) in [4.78, 5) is 26.0. The molecule has 6 heterocycles. The van der Waals surface area contributed by atoms with Crippen LogP contribution < -0.4 is 16.0 Å². The number of benzene rings is 3. The predicted octanol–water partition coefficient (Wildman–Crippen LogP) is 6.55. The highest BCUT2D eigenvalue weighted by Gasteiger charge is 2.49. The van der Waals surface area contributed by atoms with Crippen LogP contribution in [0.4, 0.5) is 30.6 Å². The number of aromatic nitrogens is 15. The lowest BCUT2D eigenvalue weighted by atomic mass is 10.1. The Morgan fingerprint density at radius 2 is 0.917 bits per heavy atom. The maximum Gasteiger partial charge on any atom is 0.191 e. The van der Waals surface area contributed by atoms with Crippen LogP contribution in [-0.2, 0) is 14.2 Å². The molecule has 3 aromatic carbocycles. The number of aliphatic hydroxyl groups is 9. The van der Waals surface area contributed by atoms with E-state index in [1.807, 2.05) is 6.92 Å². The van der Waals surface area contributed by atoms with Crippen molar-refractivity contribution in [1.29, 1.82) is 0 Å². The summed E-state index contributed by atoms with van der Waals surface area (Å²) in [6.45, 7) is -3.03. The van der Waals surface area contributed by atoms with Gasteiger partial charge in [0.05, 0.1) is 99.2 Å². The highest BCUT2D eigenvalue weighted by molar-refractivity contribution is 7.99. The van der Waals surface area contributed by atoms with Crippen LogP contribution in [0.3, 0.4) is 0 Å². The number of halogens is 3. The molecule has 6 aliphatic carbocycles. The van der Waals surface area contributed by atoms with Gasteiger partial charge in [-0.15, -0.1) is 15.3 Å². The van der Waals surface area contributed by atoms with E-state index in [9.17, 15) is 54.0 Å². The maximum absolute atomic E-state index is 14.8. The van der Waals surface area contributed by atoms with E-state index in [4.69, 9.17) is 60.4 Å². The fraction of sp³-hybridized carbons (Fsp3) is 0.583. The summed E-state index contributed by atoms with van der Waals surface area (Å²) >= 11 is 1.81. The molecule has 0 radical (unpaired) electrons. The van der Waals surface area contributed by atoms with Gasteiger partial charge in [-0.1, -0.05) is 108 Å². The summed E-state index contributed by atoms with van der Waals surface area (Å²) in [6.07, 6.45) is -22.8. The van der Waals surface area contributed by atoms with Crippen LogP contribution in [-0.4, -0.2) is 251 Å². The quantitative estimate of drug-likeness (QED) is 0.0168. The van der Waals surface area contributed by atoms with Crippen molar-refractivity contribution in [1.82, 2.24) is 74.9 Å². The molecule has 108 heavy (non-hydrogen) atoms. The highest BCUT2D eigenvalue weighted by Crippen LogP contribution is 2.48. The van der Waals surface area contributed by atoms with Crippen LogP contribution >= 0.6 is 35.3 Å². The number of hydrogen-bond acceptors (Lipinski definition) is 30. The lowest BCUT2D eigenvalue weighted by Crippen LogP contribution is -2.33. The van der Waals surface area contributed by atoms with E-state index >= 15 is 0 Å². The Balaban J connectivity index is 0.000000176. The zero-order valence-electron chi connectivity index (χ0n) is 87.8. The zero-order chi connectivity index (χ0) is 103. The van der Waals surface area contributed by atoms with Crippen molar-refractivity contribution in [2.24, 2.45) is 0 Å². The fourth-order valence-corrected chi connectivity index (χ4v) is 13.7. The second-order valence-corrected chi connectivity index (χ2v) is 27.7. The highest BCUT2D eigenvalue weighted by atomic mass is 32.2. The van der Waals surface area contributed by atoms with Crippen LogP contribution in [0.1, 0.15) is 189 Å². The van der Waals surface area contributed by atoms with Gasteiger partial charge in [0.1, 0.15) is 54.1 Å². The first kappa shape index (κ1) is 49.3. The minimum atomic E-state index is -3.51. The minimum absolute atomic E-state index is 0.0102. The standard InChI is InChI=1S/3C24H31FN6O4S/c3*1-3-8-36-24-27-22(26-16-10-14(16)13-5-4-12(2)15(25)9-13)19-23(28-24)31(30-29-19)17-11-18(35-7-6-32)21(34)20(17)33/h3*4-5,9,14,16-18,20-21,32-34H,3,6-8,10-11H2,1-2H3,(H,26,27,28)/t3*14-,16+,17+,18-,20-,21+/m000/s1/i3D2,4D,5D,6D2,7D2,8D2,9D,10D2,16D;3D2,4D,5D,7D2,8D2,9D,10D2,16D;4D,5D,9D,14D. The molecule has 582 valence electrons. The monoisotopic (exact) mass is 1580 g/mol. The van der Waals surface area contributed by atoms with E-state index in [2.05, 4.69) is 76.8 Å². The van der Waals surface area contributed by atoms with Crippen molar-refractivity contribution in [2.45, 2.75) is 223 Å². The molecule has 0 spiro atoms. The van der Waals surface area contributed by atoms with E-state index in [1.165, 1.54) is 37.2 Å². The number of thioether (sulfide) groups is 3. The molecule has 9 aromatic rings. The molecule has 0 bridgehead atoms. The Bertz CT molecular complexity index is 6110. The van der Waals surface area contributed by atoms with Gasteiger partial charge in [-0.05, 0) is 111 Å². The minimum Gasteiger partial charge on any atom is -0.394 e. The van der Waals surface area contributed by atoms with Crippen molar-refractivity contribution in [3.8, 4) is 0 Å². The van der Waals surface area contributed by atoms with Crippen molar-refractivity contribution < 1.29 is 114 Å². The third kappa shape index (κ3) is 17.5. The molecule has 6 saturated carbocycles. The van der Waals surface area contributed by atoms with E-state index < -0.39 is 271 Å². The second-order valence-electron chi connectivity index (χ2n) is 25.1. The number of fused-ring (bicyclic) bond motifs is 3. The lowest BCUT2D eigenvalue weighted by molar-refractivity contribution is -0.0629. The molecule has 36 heteroatoms. The fourth-order valence-electron chi connectivity index (χ4n) is 12.1. The van der Waals surface area contributed by atoms with Crippen molar-refractivity contribution >= 4 is 86.2 Å². The average molecular weight is 1590 g/mol. The second kappa shape index (κ2) is 35.1. The van der Waals surface area contributed by atoms with Crippen LogP contribution in [0.25, 0.3) is 33.5 Å². The van der Waals surface area contributed by atoms with Gasteiger partial charge in [0.25, 0.3) is 0 Å². The van der Waals surface area contributed by atoms with Crippen LogP contribution in [0.15, 0.2) is 69.9 Å². The SMILES string of the molecule is [2H]c1c([2H])c([C@@H]2C([2H])([2H])[C@@]2([2H])Nc2nc(SC([2H])([2H])C([2H])([2H])C)nc3c2nnn3[C@@H]2C[C@H](OC([2H])([2H])C([2H])([2H])O)[C@@H](O)[C@H]2O)c([2H])c(F)c1C.[2H]c1c([2H])c([C@@H]2C([2H])([2H])[C@@]2([2H])Nc2nc(SC([2H])([2H])C([2H])([2H])C)nc3c2nnn3[C@@H]2C[C@H](OC([2H])([2H])CO)[C@@H](O)[C@H]2O)c([2H])c(F)c1C.[2H]c1c([2H])c([C@]2([2H])C[C@H]2Nc2nc(SCCC)nc3c2nnn3[C@@H]2C[C@H](OCCO)[C@@H](O)[C@H]2O)c([2H])c(F)c1C. The van der Waals surface area contributed by atoms with Crippen molar-refractivity contribution in [3.63, 3.8) is 0 Å². The van der Waals surface area contributed by atoms with Crippen LogP contribution in [0, 0.1) is 38.2 Å². The number of nitrogens with one attached hydrogen (secondary N) is 3. The lowest BCUT2D eigenvalue weighted by Gasteiger charge is -2.17. The molecular formula is C72H93F3N18O12S3. The Kier molecular flexibility index (Phi) is 16.0. The Hall–Kier alpha value is -7.14. The van der Waals surface area contributed by atoms with E-state index in [1.54, 1.807) is 0 Å². The first-order valence-electron chi connectivity index (χ1n) is 48.5. The predicted molar refractivity (Wildman–Crippen MR) is 398 cm³/mol. The molecule has 18 atom stereocenters. The zero-order valence-corrected chi connectivity index (χ0v) is 60.3. The van der Waals surface area contributed by atoms with Crippen LogP contribution in [0.2, 0.25) is 0 Å². The van der Waals surface area contributed by atoms with Gasteiger partial charge in [0.15, 0.2) is 66.4 Å². The van der Waals surface area contributed by atoms with Crippen LogP contribution in [0.5, 0.6) is 0 Å². The molecule has 15 rings (SSSR count). The Labute approximate surface area is 675 Å². The number of aliphatic hydroxyl groups excluding tert-OH is 8. The third-order valence-corrected chi connectivity index (χ3v) is 20.2. The van der Waals surface area contributed by atoms with Crippen molar-refractivity contribution in [2.75, 3.05) is 72.6 Å². The largest absolute Gasteiger partial charge is 0.394 e. The topological polar surface area (TPSA) is 415 Å². The van der Waals surface area contributed by atoms with Gasteiger partial charge in [0.2, 0.25) is 0 Å². The average Bonchev–Trinajstić information content (AvgIpc) is 1.51. The summed E-state index contributed by atoms with van der Waals surface area (Å²) in [6, 6.07) is -14.4. The van der Waals surface area contributed by atoms with Gasteiger partial charge < -0.3 is 76.1 Å². The van der Waals surface area contributed by atoms with Gasteiger partial charge in [-0.3, -0.25) is 0 Å². The molecular weight excluding hydrogens is 1460 g/mol. The van der Waals surface area contributed by atoms with Gasteiger partial charge in [0, 0.05) is 90.1 Å². The van der Waals surface area contributed by atoms with Gasteiger partial charge >= 0.3 is 0 Å². The number of rotatable bonds is 30. The first-order chi connectivity index (χ1) is 63.5. The molecule has 0 aliphatic heterocycles. The van der Waals surface area contributed by atoms with E-state index in [0.29, 0.717) is 10.8 Å². The number of hydrogen-bond donors (Lipinski definition) is 12. The molecule has 6 fully saturated rings.